The van der Waals surface area contributed by atoms with Crippen molar-refractivity contribution in [3.63, 3.8) is 0 Å². The lowest BCUT2D eigenvalue weighted by Crippen LogP contribution is -2.55. The van der Waals surface area contributed by atoms with Gasteiger partial charge in [0.2, 0.25) is 0 Å². The molecule has 1 fully saturated rings. The molecule has 0 aliphatic carbocycles. The Balaban J connectivity index is 1.48. The number of piperidine rings is 1. The van der Waals surface area contributed by atoms with Crippen molar-refractivity contribution in [3.8, 4) is 0 Å². The monoisotopic (exact) mass is 429 g/mol. The third-order valence-electron chi connectivity index (χ3n) is 6.49. The molecule has 1 saturated heterocycles. The van der Waals surface area contributed by atoms with Crippen LogP contribution in [0.1, 0.15) is 42.9 Å². The van der Waals surface area contributed by atoms with Gasteiger partial charge in [0.1, 0.15) is 0 Å². The van der Waals surface area contributed by atoms with Crippen LogP contribution in [0.4, 0.5) is 0 Å². The summed E-state index contributed by atoms with van der Waals surface area (Å²) >= 11 is 0. The Kier molecular flexibility index (Phi) is 8.49. The van der Waals surface area contributed by atoms with E-state index < -0.39 is 0 Å². The molecule has 3 nitrogen and oxygen atoms in total. The second kappa shape index (κ2) is 12.0. The molecule has 168 valence electrons. The Morgan fingerprint density at radius 1 is 0.719 bits per heavy atom. The van der Waals surface area contributed by atoms with Gasteiger partial charge in [0.15, 0.2) is 0 Å². The van der Waals surface area contributed by atoms with Crippen LogP contribution in [0.25, 0.3) is 0 Å². The van der Waals surface area contributed by atoms with Crippen LogP contribution >= 0.6 is 0 Å². The van der Waals surface area contributed by atoms with Crippen molar-refractivity contribution in [3.05, 3.63) is 108 Å². The van der Waals surface area contributed by atoms with Crippen LogP contribution in [-0.2, 0) is 29.2 Å². The molecule has 0 amide bonds. The van der Waals surface area contributed by atoms with Crippen LogP contribution in [0.2, 0.25) is 0 Å². The average molecular weight is 430 g/mol. The van der Waals surface area contributed by atoms with Crippen LogP contribution in [-0.4, -0.2) is 29.7 Å². The summed E-state index contributed by atoms with van der Waals surface area (Å²) in [5.41, 5.74) is 3.79. The van der Waals surface area contributed by atoms with E-state index in [2.05, 4.69) is 96.8 Å². The summed E-state index contributed by atoms with van der Waals surface area (Å²) in [5, 5.41) is 0. The van der Waals surface area contributed by atoms with E-state index in [1.165, 1.54) is 16.7 Å². The second-order valence-electron chi connectivity index (χ2n) is 8.70. The Morgan fingerprint density at radius 3 is 1.88 bits per heavy atom. The van der Waals surface area contributed by atoms with Gasteiger partial charge in [-0.2, -0.15) is 0 Å². The number of hydrogen-bond donors (Lipinski definition) is 0. The van der Waals surface area contributed by atoms with Crippen molar-refractivity contribution < 1.29 is 9.47 Å². The van der Waals surface area contributed by atoms with E-state index in [0.29, 0.717) is 25.9 Å². The van der Waals surface area contributed by atoms with E-state index in [-0.39, 0.29) is 12.1 Å². The molecule has 0 spiro atoms. The second-order valence-corrected chi connectivity index (χ2v) is 8.70. The van der Waals surface area contributed by atoms with E-state index in [0.717, 1.165) is 25.8 Å². The Bertz CT molecular complexity index is 900. The van der Waals surface area contributed by atoms with Gasteiger partial charge < -0.3 is 9.47 Å². The summed E-state index contributed by atoms with van der Waals surface area (Å²) in [7, 11) is 0. The Hall–Kier alpha value is -2.46. The van der Waals surface area contributed by atoms with Crippen LogP contribution in [0.5, 0.6) is 0 Å². The lowest BCUT2D eigenvalue weighted by atomic mass is 9.91. The normalized spacial score (nSPS) is 21.5. The first-order valence-corrected chi connectivity index (χ1v) is 11.9. The largest absolute Gasteiger partial charge is 0.375 e. The van der Waals surface area contributed by atoms with Crippen LogP contribution < -0.4 is 0 Å². The van der Waals surface area contributed by atoms with Gasteiger partial charge in [0.05, 0.1) is 32.0 Å². The Morgan fingerprint density at radius 2 is 1.28 bits per heavy atom. The third-order valence-corrected chi connectivity index (χ3v) is 6.49. The zero-order valence-electron chi connectivity index (χ0n) is 19.1. The first kappa shape index (κ1) is 22.7. The van der Waals surface area contributed by atoms with Crippen LogP contribution in [0, 0.1) is 0 Å². The number of hydrogen-bond acceptors (Lipinski definition) is 3. The number of ether oxygens (including phenoxy) is 2. The maximum atomic E-state index is 6.52. The highest BCUT2D eigenvalue weighted by Crippen LogP contribution is 2.30. The first-order chi connectivity index (χ1) is 15.8. The lowest BCUT2D eigenvalue weighted by Gasteiger charge is -2.46. The van der Waals surface area contributed by atoms with Crippen LogP contribution in [0.3, 0.4) is 0 Å². The molecule has 32 heavy (non-hydrogen) atoms. The summed E-state index contributed by atoms with van der Waals surface area (Å²) in [6.07, 6.45) is 3.55. The minimum Gasteiger partial charge on any atom is -0.375 e. The zero-order chi connectivity index (χ0) is 22.0. The minimum atomic E-state index is 0.164. The molecule has 0 bridgehead atoms. The maximum absolute atomic E-state index is 6.52. The van der Waals surface area contributed by atoms with Gasteiger partial charge in [-0.15, -0.1) is 0 Å². The molecule has 1 aliphatic rings. The predicted octanol–water partition coefficient (Wildman–Crippen LogP) is 6.23. The molecular weight excluding hydrogens is 394 g/mol. The summed E-state index contributed by atoms with van der Waals surface area (Å²) in [4.78, 5) is 2.64. The van der Waals surface area contributed by atoms with Crippen molar-refractivity contribution >= 4 is 0 Å². The minimum absolute atomic E-state index is 0.164. The summed E-state index contributed by atoms with van der Waals surface area (Å²) in [5.74, 6) is 0. The molecule has 2 unspecified atom stereocenters. The van der Waals surface area contributed by atoms with Crippen LogP contribution in [0.15, 0.2) is 91.0 Å². The van der Waals surface area contributed by atoms with Crippen molar-refractivity contribution in [2.24, 2.45) is 0 Å². The number of likely N-dealkylation sites (tertiary alicyclic amines) is 1. The standard InChI is InChI=1S/C29H35NO2/c1-2-27-18-19-29(32-22-26-16-10-5-11-17-26)28(23-31-21-25-14-8-4-9-15-25)30(27)20-24-12-6-3-7-13-24/h3-17,27-29H,2,18-23H2,1H3/t27-,28?,29?/m0/s1. The summed E-state index contributed by atoms with van der Waals surface area (Å²) < 4.78 is 12.8. The van der Waals surface area contributed by atoms with Crippen molar-refractivity contribution in [1.82, 2.24) is 4.90 Å². The molecule has 1 aliphatic heterocycles. The van der Waals surface area contributed by atoms with Gasteiger partial charge >= 0.3 is 0 Å². The lowest BCUT2D eigenvalue weighted by molar-refractivity contribution is -0.101. The molecule has 3 aromatic rings. The van der Waals surface area contributed by atoms with E-state index in [4.69, 9.17) is 9.47 Å². The average Bonchev–Trinajstić information content (AvgIpc) is 2.86. The Labute approximate surface area is 193 Å². The molecule has 3 atom stereocenters. The SMILES string of the molecule is CC[C@H]1CCC(OCc2ccccc2)C(COCc2ccccc2)N1Cc1ccccc1. The maximum Gasteiger partial charge on any atom is 0.0758 e. The van der Waals surface area contributed by atoms with Crippen molar-refractivity contribution in [2.75, 3.05) is 6.61 Å². The van der Waals surface area contributed by atoms with Gasteiger partial charge in [-0.1, -0.05) is 97.9 Å². The number of benzene rings is 3. The fourth-order valence-electron chi connectivity index (χ4n) is 4.73. The number of nitrogens with zero attached hydrogens (tertiary/aromatic N) is 1. The zero-order valence-corrected chi connectivity index (χ0v) is 19.1. The highest BCUT2D eigenvalue weighted by molar-refractivity contribution is 5.16. The first-order valence-electron chi connectivity index (χ1n) is 11.9. The van der Waals surface area contributed by atoms with Crippen molar-refractivity contribution in [2.45, 2.75) is 64.1 Å². The van der Waals surface area contributed by atoms with Gasteiger partial charge in [-0.05, 0) is 36.0 Å². The highest BCUT2D eigenvalue weighted by Gasteiger charge is 2.37. The molecule has 0 aromatic heterocycles. The molecule has 3 aromatic carbocycles. The molecule has 1 heterocycles. The van der Waals surface area contributed by atoms with E-state index in [1.807, 2.05) is 6.07 Å². The predicted molar refractivity (Wildman–Crippen MR) is 130 cm³/mol. The van der Waals surface area contributed by atoms with Gasteiger partial charge in [0.25, 0.3) is 0 Å². The van der Waals surface area contributed by atoms with E-state index in [9.17, 15) is 0 Å². The molecule has 0 N–H and O–H groups in total. The van der Waals surface area contributed by atoms with Crippen molar-refractivity contribution in [1.29, 1.82) is 0 Å². The third kappa shape index (κ3) is 6.29. The highest BCUT2D eigenvalue weighted by atomic mass is 16.5. The molecule has 0 radical (unpaired) electrons. The molecule has 0 saturated carbocycles. The van der Waals surface area contributed by atoms with E-state index >= 15 is 0 Å². The fraction of sp³-hybridized carbons (Fsp3) is 0.379. The molecule has 4 rings (SSSR count). The molecular formula is C29H35NO2. The van der Waals surface area contributed by atoms with E-state index in [1.54, 1.807) is 0 Å². The van der Waals surface area contributed by atoms with Gasteiger partial charge in [-0.3, -0.25) is 4.90 Å². The molecule has 3 heteroatoms. The quantitative estimate of drug-likeness (QED) is 0.381. The van der Waals surface area contributed by atoms with Gasteiger partial charge in [0, 0.05) is 12.6 Å². The van der Waals surface area contributed by atoms with Gasteiger partial charge in [-0.25, -0.2) is 0 Å². The topological polar surface area (TPSA) is 21.7 Å². The smallest absolute Gasteiger partial charge is 0.0758 e. The summed E-state index contributed by atoms with van der Waals surface area (Å²) in [6.45, 7) is 5.20. The fourth-order valence-corrected chi connectivity index (χ4v) is 4.73. The number of rotatable bonds is 10. The summed E-state index contributed by atoms with van der Waals surface area (Å²) in [6, 6.07) is 32.5.